The van der Waals surface area contributed by atoms with Gasteiger partial charge >= 0.3 is 0 Å². The quantitative estimate of drug-likeness (QED) is 0.131. The second kappa shape index (κ2) is 14.4. The van der Waals surface area contributed by atoms with Gasteiger partial charge in [-0.2, -0.15) is 0 Å². The molecule has 1 N–H and O–H groups in total. The van der Waals surface area contributed by atoms with Crippen LogP contribution in [0.4, 0.5) is 15.9 Å². The first-order valence-electron chi connectivity index (χ1n) is 15.5. The van der Waals surface area contributed by atoms with E-state index in [9.17, 15) is 12.8 Å². The average Bonchev–Trinajstić information content (AvgIpc) is 3.58. The first kappa shape index (κ1) is 33.5. The molecule has 2 aromatic heterocycles. The van der Waals surface area contributed by atoms with Crippen LogP contribution in [-0.2, 0) is 26.8 Å². The van der Waals surface area contributed by atoms with Crippen LogP contribution in [0.1, 0.15) is 31.0 Å². The molecule has 2 atom stereocenters. The van der Waals surface area contributed by atoms with Crippen LogP contribution >= 0.6 is 15.9 Å². The zero-order chi connectivity index (χ0) is 33.7. The first-order chi connectivity index (χ1) is 23.2. The fraction of sp³-hybridized carbons (Fsp3) is 0.250. The minimum Gasteiger partial charge on any atom is -0.488 e. The number of nitrogens with one attached hydrogen (secondary N) is 1. The predicted octanol–water partition coefficient (Wildman–Crippen LogP) is 7.56. The lowest BCUT2D eigenvalue weighted by Gasteiger charge is -2.41. The highest BCUT2D eigenvalue weighted by Gasteiger charge is 2.46. The molecule has 9 nitrogen and oxygen atoms in total. The van der Waals surface area contributed by atoms with Crippen LogP contribution in [0.25, 0.3) is 10.9 Å². The second-order valence-corrected chi connectivity index (χ2v) is 14.6. The number of ether oxygens (including phenoxy) is 2. The summed E-state index contributed by atoms with van der Waals surface area (Å²) in [5, 5.41) is 4.15. The molecule has 1 aliphatic rings. The molecular formula is C36H35BrFN5O4S. The Morgan fingerprint density at radius 3 is 2.62 bits per heavy atom. The summed E-state index contributed by atoms with van der Waals surface area (Å²) < 4.78 is 52.7. The lowest BCUT2D eigenvalue weighted by molar-refractivity contribution is -0.0429. The van der Waals surface area contributed by atoms with Crippen LogP contribution in [0.5, 0.6) is 5.75 Å². The number of benzene rings is 3. The Labute approximate surface area is 287 Å². The van der Waals surface area contributed by atoms with E-state index >= 15 is 0 Å². The zero-order valence-corrected chi connectivity index (χ0v) is 28.9. The number of hydrogen-bond acceptors (Lipinski definition) is 9. The van der Waals surface area contributed by atoms with Crippen molar-refractivity contribution >= 4 is 48.2 Å². The van der Waals surface area contributed by atoms with E-state index in [-0.39, 0.29) is 24.2 Å². The Balaban J connectivity index is 1.23. The number of pyridine rings is 1. The lowest BCUT2D eigenvalue weighted by Crippen LogP contribution is -2.50. The van der Waals surface area contributed by atoms with Crippen molar-refractivity contribution < 1.29 is 22.3 Å². The van der Waals surface area contributed by atoms with Crippen LogP contribution in [0.3, 0.4) is 0 Å². The summed E-state index contributed by atoms with van der Waals surface area (Å²) in [4.78, 5) is 16.2. The molecule has 0 fully saturated rings. The first-order valence-corrected chi connectivity index (χ1v) is 18.0. The highest BCUT2D eigenvalue weighted by atomic mass is 79.9. The molecule has 0 aliphatic carbocycles. The van der Waals surface area contributed by atoms with Gasteiger partial charge in [0.25, 0.3) is 0 Å². The van der Waals surface area contributed by atoms with E-state index in [1.165, 1.54) is 18.5 Å². The average molecular weight is 733 g/mol. The topological polar surface area (TPSA) is 107 Å². The lowest BCUT2D eigenvalue weighted by atomic mass is 9.84. The number of sulfone groups is 1. The third kappa shape index (κ3) is 7.20. The van der Waals surface area contributed by atoms with Crippen LogP contribution < -0.4 is 10.1 Å². The smallest absolute Gasteiger partial charge is 0.179 e. The van der Waals surface area contributed by atoms with Crippen molar-refractivity contribution in [2.75, 3.05) is 24.7 Å². The molecule has 5 aromatic rings. The molecule has 3 aromatic carbocycles. The fourth-order valence-corrected chi connectivity index (χ4v) is 7.89. The van der Waals surface area contributed by atoms with Gasteiger partial charge in [0.15, 0.2) is 15.4 Å². The maximum Gasteiger partial charge on any atom is 0.179 e. The highest BCUT2D eigenvalue weighted by Crippen LogP contribution is 2.42. The van der Waals surface area contributed by atoms with Gasteiger partial charge in [-0.15, -0.1) is 0 Å². The number of fused-ring (bicyclic) bond motifs is 1. The summed E-state index contributed by atoms with van der Waals surface area (Å²) in [6, 6.07) is 22.2. The van der Waals surface area contributed by atoms with Gasteiger partial charge < -0.3 is 14.8 Å². The van der Waals surface area contributed by atoms with Gasteiger partial charge in [-0.1, -0.05) is 37.3 Å². The minimum atomic E-state index is -3.46. The van der Waals surface area contributed by atoms with E-state index in [1.807, 2.05) is 43.5 Å². The number of hydrogen-bond donors (Lipinski definition) is 1. The number of aromatic nitrogens is 3. The standard InChI is InChI=1S/C36H35BrFN5O4S/c1-3-34(43(2)16-18-48(44,45)28-11-5-4-6-12-28)36(15-8-17-47-36)33-21-29-31(22-39-33)40-24-41-35(29)42-27-13-14-32(30(37)20-27)46-23-25-9-7-10-26(38)19-25/h4-14,17,19-22,24,34H,3,15-16,18,23H2,1-2H3,(H,40,41,42). The van der Waals surface area contributed by atoms with Gasteiger partial charge in [-0.3, -0.25) is 9.88 Å². The van der Waals surface area contributed by atoms with Crippen LogP contribution in [-0.4, -0.2) is 53.7 Å². The van der Waals surface area contributed by atoms with Gasteiger partial charge in [0.05, 0.1) is 44.8 Å². The van der Waals surface area contributed by atoms with E-state index in [0.717, 1.165) is 21.1 Å². The molecule has 48 heavy (non-hydrogen) atoms. The summed E-state index contributed by atoms with van der Waals surface area (Å²) in [5.41, 5.74) is 2.00. The molecule has 1 aliphatic heterocycles. The molecular weight excluding hydrogens is 697 g/mol. The largest absolute Gasteiger partial charge is 0.488 e. The maximum absolute atomic E-state index is 13.6. The van der Waals surface area contributed by atoms with E-state index in [0.29, 0.717) is 47.1 Å². The molecule has 12 heteroatoms. The Hall–Kier alpha value is -4.39. The third-order valence-corrected chi connectivity index (χ3v) is 10.8. The monoisotopic (exact) mass is 731 g/mol. The molecule has 0 spiro atoms. The number of rotatable bonds is 13. The SMILES string of the molecule is CCC(N(C)CCS(=O)(=O)c1ccccc1)C1(c2cc3c(Nc4ccc(OCc5cccc(F)c5)c(Br)c4)ncnc3cn2)CC=CO1. The van der Waals surface area contributed by atoms with E-state index in [1.54, 1.807) is 48.9 Å². The Morgan fingerprint density at radius 2 is 1.90 bits per heavy atom. The Morgan fingerprint density at radius 1 is 1.06 bits per heavy atom. The van der Waals surface area contributed by atoms with Crippen molar-refractivity contribution in [3.8, 4) is 5.75 Å². The molecule has 2 unspecified atom stereocenters. The van der Waals surface area contributed by atoms with Gasteiger partial charge in [0.1, 0.15) is 30.3 Å². The summed E-state index contributed by atoms with van der Waals surface area (Å²) in [6.45, 7) is 2.61. The molecule has 3 heterocycles. The van der Waals surface area contributed by atoms with Crippen LogP contribution in [0, 0.1) is 5.82 Å². The summed E-state index contributed by atoms with van der Waals surface area (Å²) in [6.07, 6.45) is 8.13. The molecule has 0 saturated heterocycles. The van der Waals surface area contributed by atoms with Crippen LogP contribution in [0.15, 0.2) is 113 Å². The molecule has 248 valence electrons. The number of halogens is 2. The zero-order valence-electron chi connectivity index (χ0n) is 26.5. The number of nitrogens with zero attached hydrogens (tertiary/aromatic N) is 4. The third-order valence-electron chi connectivity index (χ3n) is 8.50. The predicted molar refractivity (Wildman–Crippen MR) is 187 cm³/mol. The Bertz CT molecular complexity index is 2040. The van der Waals surface area contributed by atoms with Gasteiger partial charge in [0.2, 0.25) is 0 Å². The van der Waals surface area contributed by atoms with Crippen LogP contribution in [0.2, 0.25) is 0 Å². The summed E-state index contributed by atoms with van der Waals surface area (Å²) in [7, 11) is -1.53. The normalized spacial score (nSPS) is 16.6. The minimum absolute atomic E-state index is 0.0230. The van der Waals surface area contributed by atoms with E-state index < -0.39 is 15.4 Å². The maximum atomic E-state index is 13.6. The van der Waals surface area contributed by atoms with Gasteiger partial charge in [0, 0.05) is 24.0 Å². The second-order valence-electron chi connectivity index (χ2n) is 11.6. The van der Waals surface area contributed by atoms with Gasteiger partial charge in [-0.25, -0.2) is 22.8 Å². The summed E-state index contributed by atoms with van der Waals surface area (Å²) >= 11 is 3.59. The van der Waals surface area contributed by atoms with Crippen molar-refractivity contribution in [2.24, 2.45) is 0 Å². The van der Waals surface area contributed by atoms with Crippen molar-refractivity contribution in [1.82, 2.24) is 19.9 Å². The Kier molecular flexibility index (Phi) is 10.0. The molecule has 0 saturated carbocycles. The summed E-state index contributed by atoms with van der Waals surface area (Å²) in [5.74, 6) is 0.867. The highest BCUT2D eigenvalue weighted by molar-refractivity contribution is 9.10. The van der Waals surface area contributed by atoms with Crippen molar-refractivity contribution in [3.05, 3.63) is 125 Å². The molecule has 0 radical (unpaired) electrons. The fourth-order valence-electron chi connectivity index (χ4n) is 6.06. The van der Waals surface area contributed by atoms with Gasteiger partial charge in [-0.05, 0) is 89.6 Å². The molecule has 6 rings (SSSR count). The van der Waals surface area contributed by atoms with Crippen molar-refractivity contribution in [1.29, 1.82) is 0 Å². The van der Waals surface area contributed by atoms with E-state index in [4.69, 9.17) is 14.5 Å². The number of likely N-dealkylation sites (N-methyl/N-ethyl adjacent to an activating group) is 1. The van der Waals surface area contributed by atoms with E-state index in [2.05, 4.69) is 43.0 Å². The molecule has 0 amide bonds. The van der Waals surface area contributed by atoms with Crippen molar-refractivity contribution in [3.63, 3.8) is 0 Å². The number of anilines is 2. The molecule has 0 bridgehead atoms. The van der Waals surface area contributed by atoms with Crippen molar-refractivity contribution in [2.45, 2.75) is 42.9 Å².